The first kappa shape index (κ1) is 14.4. The average molecular weight is 242 g/mol. The van der Waals surface area contributed by atoms with Crippen LogP contribution >= 0.6 is 0 Å². The third-order valence-corrected chi connectivity index (χ3v) is 3.13. The van der Waals surface area contributed by atoms with E-state index < -0.39 is 0 Å². The van der Waals surface area contributed by atoms with E-state index in [-0.39, 0.29) is 5.41 Å². The molecule has 0 spiro atoms. The Morgan fingerprint density at radius 3 is 2.22 bits per heavy atom. The van der Waals surface area contributed by atoms with E-state index in [0.29, 0.717) is 0 Å². The van der Waals surface area contributed by atoms with Crippen LogP contribution in [-0.2, 0) is 0 Å². The summed E-state index contributed by atoms with van der Waals surface area (Å²) in [4.78, 5) is 8.64. The second-order valence-electron chi connectivity index (χ2n) is 4.76. The predicted molar refractivity (Wildman–Crippen MR) is 79.4 cm³/mol. The first-order chi connectivity index (χ1) is 8.63. The van der Waals surface area contributed by atoms with E-state index in [4.69, 9.17) is 0 Å². The van der Waals surface area contributed by atoms with Crippen molar-refractivity contribution in [1.82, 2.24) is 0 Å². The van der Waals surface area contributed by atoms with Gasteiger partial charge in [0.15, 0.2) is 0 Å². The third-order valence-electron chi connectivity index (χ3n) is 3.13. The normalized spacial score (nSPS) is 14.9. The standard InChI is InChI=1S/C16H22N2/c1-5-12-16(4,6-2)13-18-15-10-8-14(9-11-15)17-7-3/h7-8,10,13H,5-6,12H2,1-4H3/b17-7+,18-13+. The fourth-order valence-electron chi connectivity index (χ4n) is 1.79. The number of hydrogen-bond acceptors (Lipinski definition) is 2. The molecule has 0 fully saturated rings. The summed E-state index contributed by atoms with van der Waals surface area (Å²) in [5.74, 6) is 0. The second-order valence-corrected chi connectivity index (χ2v) is 4.76. The van der Waals surface area contributed by atoms with Crippen molar-refractivity contribution >= 4 is 23.8 Å². The number of aliphatic imine (C=N–C) groups is 2. The van der Waals surface area contributed by atoms with Gasteiger partial charge in [0.2, 0.25) is 0 Å². The predicted octanol–water partition coefficient (Wildman–Crippen LogP) is 4.93. The molecule has 1 aromatic carbocycles. The first-order valence-corrected chi connectivity index (χ1v) is 6.61. The summed E-state index contributed by atoms with van der Waals surface area (Å²) in [7, 11) is 0. The molecular weight excluding hydrogens is 220 g/mol. The molecule has 0 aliphatic rings. The molecule has 0 aliphatic carbocycles. The molecule has 96 valence electrons. The van der Waals surface area contributed by atoms with E-state index in [9.17, 15) is 0 Å². The van der Waals surface area contributed by atoms with Gasteiger partial charge in [-0.3, -0.25) is 9.98 Å². The maximum Gasteiger partial charge on any atom is 0.113 e. The Morgan fingerprint density at radius 1 is 1.17 bits per heavy atom. The molecule has 0 heterocycles. The molecule has 0 amide bonds. The summed E-state index contributed by atoms with van der Waals surface area (Å²) in [5.41, 5.74) is 1.80. The molecule has 2 nitrogen and oxygen atoms in total. The molecule has 1 unspecified atom stereocenters. The summed E-state index contributed by atoms with van der Waals surface area (Å²) in [6, 6.07) is 9.85. The maximum atomic E-state index is 4.51. The van der Waals surface area contributed by atoms with E-state index in [2.05, 4.69) is 49.1 Å². The fraction of sp³-hybridized carbons (Fsp3) is 0.500. The number of hydrogen-bond donors (Lipinski definition) is 0. The lowest BCUT2D eigenvalue weighted by Gasteiger charge is -2.22. The molecule has 2 heteroatoms. The highest BCUT2D eigenvalue weighted by Crippen LogP contribution is 2.26. The van der Waals surface area contributed by atoms with Crippen LogP contribution in [0.1, 0.15) is 47.0 Å². The quantitative estimate of drug-likeness (QED) is 0.632. The van der Waals surface area contributed by atoms with Gasteiger partial charge in [0.1, 0.15) is 11.4 Å². The van der Waals surface area contributed by atoms with Crippen molar-refractivity contribution in [3.63, 3.8) is 0 Å². The van der Waals surface area contributed by atoms with E-state index in [1.54, 1.807) is 6.21 Å². The van der Waals surface area contributed by atoms with Crippen molar-refractivity contribution in [3.05, 3.63) is 24.3 Å². The van der Waals surface area contributed by atoms with E-state index >= 15 is 0 Å². The van der Waals surface area contributed by atoms with Gasteiger partial charge in [0.05, 0.1) is 0 Å². The Kier molecular flexibility index (Phi) is 5.58. The Bertz CT molecular complexity index is 404. The van der Waals surface area contributed by atoms with E-state index in [1.165, 1.54) is 6.42 Å². The van der Waals surface area contributed by atoms with Crippen molar-refractivity contribution < 1.29 is 0 Å². The van der Waals surface area contributed by atoms with Gasteiger partial charge in [-0.05, 0) is 44.0 Å². The first-order valence-electron chi connectivity index (χ1n) is 6.61. The van der Waals surface area contributed by atoms with Crippen LogP contribution < -0.4 is 0 Å². The highest BCUT2D eigenvalue weighted by molar-refractivity contribution is 5.69. The molecule has 0 saturated carbocycles. The highest BCUT2D eigenvalue weighted by Gasteiger charge is 2.17. The fourth-order valence-corrected chi connectivity index (χ4v) is 1.79. The minimum Gasteiger partial charge on any atom is -0.252 e. The number of nitrogens with zero attached hydrogens (tertiary/aromatic N) is 2. The molecule has 0 aliphatic heterocycles. The van der Waals surface area contributed by atoms with Gasteiger partial charge in [-0.25, -0.2) is 0 Å². The van der Waals surface area contributed by atoms with Gasteiger partial charge in [-0.2, -0.15) is 0 Å². The van der Waals surface area contributed by atoms with Gasteiger partial charge in [0.25, 0.3) is 0 Å². The van der Waals surface area contributed by atoms with Gasteiger partial charge >= 0.3 is 0 Å². The zero-order valence-electron chi connectivity index (χ0n) is 11.8. The summed E-state index contributed by atoms with van der Waals surface area (Å²) >= 11 is 0. The van der Waals surface area contributed by atoms with Gasteiger partial charge < -0.3 is 0 Å². The van der Waals surface area contributed by atoms with Crippen LogP contribution in [0.25, 0.3) is 0 Å². The smallest absolute Gasteiger partial charge is 0.113 e. The Balaban J connectivity index is 2.77. The van der Waals surface area contributed by atoms with Gasteiger partial charge in [0, 0.05) is 17.8 Å². The molecule has 0 radical (unpaired) electrons. The zero-order valence-corrected chi connectivity index (χ0v) is 11.8. The molecule has 18 heavy (non-hydrogen) atoms. The minimum absolute atomic E-state index is 0.183. The molecule has 0 saturated heterocycles. The highest BCUT2D eigenvalue weighted by atomic mass is 14.7. The largest absolute Gasteiger partial charge is 0.252 e. The second kappa shape index (κ2) is 6.96. The summed E-state index contributed by atoms with van der Waals surface area (Å²) in [6.07, 6.45) is 7.24. The SMILES string of the molecule is C/C=N/c1c#cc(/N=C/C(C)(CC)CCC)cc1. The zero-order chi connectivity index (χ0) is 13.4. The van der Waals surface area contributed by atoms with Crippen molar-refractivity contribution in [2.24, 2.45) is 15.4 Å². The van der Waals surface area contributed by atoms with Crippen LogP contribution in [0, 0.1) is 17.5 Å². The van der Waals surface area contributed by atoms with E-state index in [1.807, 2.05) is 19.1 Å². The van der Waals surface area contributed by atoms with Crippen molar-refractivity contribution in [2.75, 3.05) is 0 Å². The van der Waals surface area contributed by atoms with Crippen LogP contribution in [0.5, 0.6) is 0 Å². The van der Waals surface area contributed by atoms with Gasteiger partial charge in [-0.1, -0.05) is 27.2 Å². The topological polar surface area (TPSA) is 24.7 Å². The Hall–Kier alpha value is -1.62. The van der Waals surface area contributed by atoms with E-state index in [0.717, 1.165) is 24.2 Å². The monoisotopic (exact) mass is 242 g/mol. The number of rotatable bonds is 6. The van der Waals surface area contributed by atoms with Gasteiger partial charge in [-0.15, -0.1) is 0 Å². The molecule has 1 aromatic rings. The van der Waals surface area contributed by atoms with Crippen LogP contribution in [0.2, 0.25) is 0 Å². The Morgan fingerprint density at radius 2 is 1.78 bits per heavy atom. The molecule has 0 N–H and O–H groups in total. The molecule has 1 rings (SSSR count). The maximum absolute atomic E-state index is 4.51. The van der Waals surface area contributed by atoms with Crippen molar-refractivity contribution in [3.8, 4) is 0 Å². The lowest BCUT2D eigenvalue weighted by Crippen LogP contribution is -2.16. The van der Waals surface area contributed by atoms with Crippen LogP contribution in [-0.4, -0.2) is 12.4 Å². The summed E-state index contributed by atoms with van der Waals surface area (Å²) in [6.45, 7) is 8.55. The molecular formula is C16H22N2. The summed E-state index contributed by atoms with van der Waals surface area (Å²) < 4.78 is 0. The van der Waals surface area contributed by atoms with Crippen molar-refractivity contribution in [1.29, 1.82) is 0 Å². The summed E-state index contributed by atoms with van der Waals surface area (Å²) in [5, 5.41) is 0. The molecule has 0 aromatic heterocycles. The lowest BCUT2D eigenvalue weighted by atomic mass is 9.84. The third kappa shape index (κ3) is 4.33. The average Bonchev–Trinajstić information content (AvgIpc) is 2.39. The van der Waals surface area contributed by atoms with Crippen LogP contribution in [0.4, 0.5) is 11.4 Å². The van der Waals surface area contributed by atoms with Crippen LogP contribution in [0.15, 0.2) is 22.1 Å². The minimum atomic E-state index is 0.183. The van der Waals surface area contributed by atoms with Crippen molar-refractivity contribution in [2.45, 2.75) is 47.0 Å². The molecule has 0 bridgehead atoms. The Labute approximate surface area is 111 Å². The lowest BCUT2D eigenvalue weighted by molar-refractivity contribution is 0.417. The van der Waals surface area contributed by atoms with Crippen LogP contribution in [0.3, 0.4) is 0 Å². The molecule has 1 atom stereocenters.